The molecule has 6 nitrogen and oxygen atoms in total. The summed E-state index contributed by atoms with van der Waals surface area (Å²) in [5.41, 5.74) is 0.206. The SMILES string of the molecule is O=Cc1ccc(F)c(C(=O)N2CC[C@@H](Nc3cccnn3)C2)c1. The van der Waals surface area contributed by atoms with Crippen LogP contribution in [0.25, 0.3) is 0 Å². The number of nitrogens with one attached hydrogen (secondary N) is 1. The lowest BCUT2D eigenvalue weighted by molar-refractivity contribution is 0.0787. The highest BCUT2D eigenvalue weighted by Gasteiger charge is 2.28. The van der Waals surface area contributed by atoms with Crippen molar-refractivity contribution in [1.29, 1.82) is 0 Å². The van der Waals surface area contributed by atoms with Crippen LogP contribution in [0.5, 0.6) is 0 Å². The number of hydrogen-bond acceptors (Lipinski definition) is 5. The second kappa shape index (κ2) is 6.51. The molecule has 0 saturated carbocycles. The van der Waals surface area contributed by atoms with Gasteiger partial charge < -0.3 is 10.2 Å². The molecule has 0 bridgehead atoms. The van der Waals surface area contributed by atoms with Crippen LogP contribution in [-0.4, -0.2) is 46.4 Å². The van der Waals surface area contributed by atoms with E-state index in [1.165, 1.54) is 12.1 Å². The van der Waals surface area contributed by atoms with Crippen molar-refractivity contribution in [3.63, 3.8) is 0 Å². The van der Waals surface area contributed by atoms with Crippen molar-refractivity contribution in [2.45, 2.75) is 12.5 Å². The highest BCUT2D eigenvalue weighted by molar-refractivity contribution is 5.96. The van der Waals surface area contributed by atoms with Crippen LogP contribution in [0.4, 0.5) is 10.2 Å². The first-order valence-electron chi connectivity index (χ1n) is 7.25. The quantitative estimate of drug-likeness (QED) is 0.870. The van der Waals surface area contributed by atoms with Crippen molar-refractivity contribution in [1.82, 2.24) is 15.1 Å². The fourth-order valence-corrected chi connectivity index (χ4v) is 2.60. The zero-order valence-electron chi connectivity index (χ0n) is 12.3. The van der Waals surface area contributed by atoms with Gasteiger partial charge in [-0.3, -0.25) is 9.59 Å². The summed E-state index contributed by atoms with van der Waals surface area (Å²) in [7, 11) is 0. The van der Waals surface area contributed by atoms with E-state index >= 15 is 0 Å². The molecule has 1 saturated heterocycles. The van der Waals surface area contributed by atoms with Crippen LogP contribution < -0.4 is 5.32 Å². The Morgan fingerprint density at radius 1 is 1.39 bits per heavy atom. The second-order valence-corrected chi connectivity index (χ2v) is 5.35. The predicted octanol–water partition coefficient (Wildman–Crippen LogP) is 1.75. The lowest BCUT2D eigenvalue weighted by atomic mass is 10.1. The lowest BCUT2D eigenvalue weighted by Crippen LogP contribution is -2.32. The Labute approximate surface area is 132 Å². The fourth-order valence-electron chi connectivity index (χ4n) is 2.60. The molecule has 0 unspecified atom stereocenters. The van der Waals surface area contributed by atoms with Crippen molar-refractivity contribution in [2.75, 3.05) is 18.4 Å². The molecule has 1 aliphatic rings. The predicted molar refractivity (Wildman–Crippen MR) is 81.8 cm³/mol. The number of amides is 1. The number of carbonyl (C=O) groups is 2. The van der Waals surface area contributed by atoms with E-state index in [-0.39, 0.29) is 17.2 Å². The van der Waals surface area contributed by atoms with Crippen LogP contribution in [0.1, 0.15) is 27.1 Å². The Bertz CT molecular complexity index is 723. The number of aromatic nitrogens is 2. The average Bonchev–Trinajstić information content (AvgIpc) is 3.04. The third-order valence-corrected chi connectivity index (χ3v) is 3.76. The molecule has 1 aliphatic heterocycles. The standard InChI is InChI=1S/C16H15FN4O2/c17-14-4-3-11(10-22)8-13(14)16(23)21-7-5-12(9-21)19-15-2-1-6-18-20-15/h1-4,6,8,10,12H,5,7,9H2,(H,19,20)/t12-/m1/s1. The lowest BCUT2D eigenvalue weighted by Gasteiger charge is -2.17. The summed E-state index contributed by atoms with van der Waals surface area (Å²) in [5, 5.41) is 10.9. The molecule has 3 rings (SSSR count). The van der Waals surface area contributed by atoms with Crippen LogP contribution >= 0.6 is 0 Å². The van der Waals surface area contributed by atoms with Crippen molar-refractivity contribution >= 4 is 18.0 Å². The summed E-state index contributed by atoms with van der Waals surface area (Å²) in [6.07, 6.45) is 2.91. The Kier molecular flexibility index (Phi) is 4.27. The molecule has 1 atom stereocenters. The average molecular weight is 314 g/mol. The van der Waals surface area contributed by atoms with E-state index in [4.69, 9.17) is 0 Å². The number of rotatable bonds is 4. The van der Waals surface area contributed by atoms with Crippen molar-refractivity contribution in [2.24, 2.45) is 0 Å². The maximum absolute atomic E-state index is 13.9. The minimum atomic E-state index is -0.620. The van der Waals surface area contributed by atoms with Gasteiger partial charge in [0.25, 0.3) is 5.91 Å². The Hall–Kier alpha value is -2.83. The molecule has 7 heteroatoms. The molecule has 0 aliphatic carbocycles. The minimum Gasteiger partial charge on any atom is -0.364 e. The Morgan fingerprint density at radius 2 is 2.26 bits per heavy atom. The molecule has 1 aromatic carbocycles. The smallest absolute Gasteiger partial charge is 0.256 e. The molecule has 1 N–H and O–H groups in total. The van der Waals surface area contributed by atoms with Crippen LogP contribution in [0.3, 0.4) is 0 Å². The zero-order valence-corrected chi connectivity index (χ0v) is 12.3. The van der Waals surface area contributed by atoms with Crippen molar-refractivity contribution in [3.8, 4) is 0 Å². The zero-order chi connectivity index (χ0) is 16.2. The van der Waals surface area contributed by atoms with Gasteiger partial charge in [-0.25, -0.2) is 4.39 Å². The third kappa shape index (κ3) is 3.33. The van der Waals surface area contributed by atoms with E-state index in [1.807, 2.05) is 0 Å². The van der Waals surface area contributed by atoms with Crippen LogP contribution in [0, 0.1) is 5.82 Å². The van der Waals surface area contributed by atoms with Gasteiger partial charge in [-0.15, -0.1) is 5.10 Å². The van der Waals surface area contributed by atoms with Crippen molar-refractivity contribution < 1.29 is 14.0 Å². The van der Waals surface area contributed by atoms with Gasteiger partial charge in [-0.05, 0) is 36.8 Å². The van der Waals surface area contributed by atoms with E-state index in [1.54, 1.807) is 23.2 Å². The summed E-state index contributed by atoms with van der Waals surface area (Å²) in [4.78, 5) is 24.8. The molecule has 118 valence electrons. The maximum Gasteiger partial charge on any atom is 0.256 e. The summed E-state index contributed by atoms with van der Waals surface area (Å²) >= 11 is 0. The molecule has 23 heavy (non-hydrogen) atoms. The molecular weight excluding hydrogens is 299 g/mol. The van der Waals surface area contributed by atoms with Gasteiger partial charge in [0.15, 0.2) is 0 Å². The molecule has 1 aromatic heterocycles. The number of carbonyl (C=O) groups excluding carboxylic acids is 2. The topological polar surface area (TPSA) is 75.2 Å². The molecular formula is C16H15FN4O2. The second-order valence-electron chi connectivity index (χ2n) is 5.35. The number of aldehydes is 1. The highest BCUT2D eigenvalue weighted by Crippen LogP contribution is 2.19. The monoisotopic (exact) mass is 314 g/mol. The molecule has 0 spiro atoms. The molecule has 1 fully saturated rings. The maximum atomic E-state index is 13.9. The minimum absolute atomic E-state index is 0.0352. The van der Waals surface area contributed by atoms with Crippen LogP contribution in [-0.2, 0) is 0 Å². The van der Waals surface area contributed by atoms with E-state index in [0.29, 0.717) is 25.2 Å². The number of hydrogen-bond donors (Lipinski definition) is 1. The number of nitrogens with zero attached hydrogens (tertiary/aromatic N) is 3. The van der Waals surface area contributed by atoms with Gasteiger partial charge >= 0.3 is 0 Å². The van der Waals surface area contributed by atoms with Gasteiger partial charge in [-0.2, -0.15) is 5.10 Å². The first-order valence-corrected chi connectivity index (χ1v) is 7.25. The summed E-state index contributed by atoms with van der Waals surface area (Å²) < 4.78 is 13.9. The number of likely N-dealkylation sites (tertiary alicyclic amines) is 1. The van der Waals surface area contributed by atoms with Gasteiger partial charge in [0.2, 0.25) is 0 Å². The molecule has 2 aromatic rings. The molecule has 1 amide bonds. The van der Waals surface area contributed by atoms with Gasteiger partial charge in [-0.1, -0.05) is 0 Å². The van der Waals surface area contributed by atoms with Crippen LogP contribution in [0.2, 0.25) is 0 Å². The first kappa shape index (κ1) is 15.1. The Morgan fingerprint density at radius 3 is 3.00 bits per heavy atom. The molecule has 2 heterocycles. The fraction of sp³-hybridized carbons (Fsp3) is 0.250. The van der Waals surface area contributed by atoms with Gasteiger partial charge in [0, 0.05) is 30.9 Å². The summed E-state index contributed by atoms with van der Waals surface area (Å²) in [6, 6.07) is 7.38. The van der Waals surface area contributed by atoms with E-state index in [0.717, 1.165) is 12.5 Å². The van der Waals surface area contributed by atoms with Crippen LogP contribution in [0.15, 0.2) is 36.5 Å². The largest absolute Gasteiger partial charge is 0.364 e. The van der Waals surface area contributed by atoms with E-state index < -0.39 is 11.7 Å². The van der Waals surface area contributed by atoms with Crippen molar-refractivity contribution in [3.05, 3.63) is 53.5 Å². The molecule has 0 radical (unpaired) electrons. The Balaban J connectivity index is 1.69. The third-order valence-electron chi connectivity index (χ3n) is 3.76. The normalized spacial score (nSPS) is 17.1. The van der Waals surface area contributed by atoms with E-state index in [9.17, 15) is 14.0 Å². The van der Waals surface area contributed by atoms with Gasteiger partial charge in [0.05, 0.1) is 5.56 Å². The number of anilines is 1. The number of halogens is 1. The van der Waals surface area contributed by atoms with E-state index in [2.05, 4.69) is 15.5 Å². The highest BCUT2D eigenvalue weighted by atomic mass is 19.1. The van der Waals surface area contributed by atoms with Gasteiger partial charge in [0.1, 0.15) is 17.9 Å². The summed E-state index contributed by atoms with van der Waals surface area (Å²) in [6.45, 7) is 0.960. The summed E-state index contributed by atoms with van der Waals surface area (Å²) in [5.74, 6) is -0.387. The number of benzene rings is 1. The first-order chi connectivity index (χ1) is 11.2.